The van der Waals surface area contributed by atoms with E-state index in [0.29, 0.717) is 6.54 Å². The van der Waals surface area contributed by atoms with Gasteiger partial charge in [0.05, 0.1) is 29.9 Å². The lowest BCUT2D eigenvalue weighted by Gasteiger charge is -2.21. The molecule has 0 saturated heterocycles. The molecule has 1 heterocycles. The van der Waals surface area contributed by atoms with Crippen molar-refractivity contribution in [1.82, 2.24) is 9.97 Å². The van der Waals surface area contributed by atoms with Crippen LogP contribution >= 0.6 is 0 Å². The third kappa shape index (κ3) is 4.56. The molecule has 0 unspecified atom stereocenters. The third-order valence-electron chi connectivity index (χ3n) is 2.81. The Morgan fingerprint density at radius 2 is 1.95 bits per heavy atom. The maximum Gasteiger partial charge on any atom is 0.353 e. The van der Waals surface area contributed by atoms with E-state index in [0.717, 1.165) is 6.42 Å². The summed E-state index contributed by atoms with van der Waals surface area (Å²) in [6.07, 6.45) is 2.41. The quantitative estimate of drug-likeness (QED) is 0.539. The van der Waals surface area contributed by atoms with Crippen LogP contribution in [-0.4, -0.2) is 34.5 Å². The van der Waals surface area contributed by atoms with Crippen LogP contribution in [0.25, 0.3) is 0 Å². The summed E-state index contributed by atoms with van der Waals surface area (Å²) < 4.78 is 0. The van der Waals surface area contributed by atoms with Crippen LogP contribution in [0.4, 0.5) is 17.3 Å². The molecule has 1 N–H and O–H groups in total. The lowest BCUT2D eigenvalue weighted by molar-refractivity contribution is -0.383. The highest BCUT2D eigenvalue weighted by molar-refractivity contribution is 5.70. The first-order valence-corrected chi connectivity index (χ1v) is 6.87. The van der Waals surface area contributed by atoms with Gasteiger partial charge in [-0.15, -0.1) is 0 Å². The highest BCUT2D eigenvalue weighted by atomic mass is 16.6. The van der Waals surface area contributed by atoms with Gasteiger partial charge in [0.25, 0.3) is 0 Å². The van der Waals surface area contributed by atoms with E-state index in [-0.39, 0.29) is 43.3 Å². The van der Waals surface area contributed by atoms with Gasteiger partial charge in [-0.25, -0.2) is 9.97 Å². The highest BCUT2D eigenvalue weighted by Gasteiger charge is 2.26. The Morgan fingerprint density at radius 1 is 1.32 bits per heavy atom. The number of rotatable bonds is 9. The molecular formula is C13H17N7O2. The van der Waals surface area contributed by atoms with Crippen LogP contribution in [0.5, 0.6) is 0 Å². The van der Waals surface area contributed by atoms with E-state index in [4.69, 9.17) is 10.5 Å². The summed E-state index contributed by atoms with van der Waals surface area (Å²) in [6.45, 7) is 3.02. The molecule has 0 aromatic carbocycles. The molecule has 0 fully saturated rings. The average Bonchev–Trinajstić information content (AvgIpc) is 2.52. The molecule has 116 valence electrons. The first kappa shape index (κ1) is 17.1. The van der Waals surface area contributed by atoms with Gasteiger partial charge in [-0.1, -0.05) is 6.92 Å². The van der Waals surface area contributed by atoms with Crippen molar-refractivity contribution in [3.8, 4) is 12.1 Å². The van der Waals surface area contributed by atoms with Crippen molar-refractivity contribution >= 4 is 17.3 Å². The molecule has 1 rings (SSSR count). The van der Waals surface area contributed by atoms with Crippen molar-refractivity contribution in [2.45, 2.75) is 26.2 Å². The molecule has 9 nitrogen and oxygen atoms in total. The molecule has 0 aliphatic rings. The van der Waals surface area contributed by atoms with Crippen LogP contribution in [0.15, 0.2) is 6.33 Å². The average molecular weight is 303 g/mol. The summed E-state index contributed by atoms with van der Waals surface area (Å²) in [6, 6.07) is 3.98. The zero-order valence-electron chi connectivity index (χ0n) is 12.3. The minimum absolute atomic E-state index is 0.129. The summed E-state index contributed by atoms with van der Waals surface area (Å²) in [4.78, 5) is 20.3. The molecule has 0 bridgehead atoms. The van der Waals surface area contributed by atoms with Gasteiger partial charge in [0, 0.05) is 19.6 Å². The molecule has 0 aliphatic heterocycles. The van der Waals surface area contributed by atoms with Crippen molar-refractivity contribution in [3.05, 3.63) is 16.4 Å². The number of nitrogens with one attached hydrogen (secondary N) is 1. The summed E-state index contributed by atoms with van der Waals surface area (Å²) in [5, 5.41) is 31.7. The molecule has 22 heavy (non-hydrogen) atoms. The van der Waals surface area contributed by atoms with Gasteiger partial charge < -0.3 is 10.2 Å². The summed E-state index contributed by atoms with van der Waals surface area (Å²) in [5.41, 5.74) is -0.230. The Labute approximate surface area is 128 Å². The maximum atomic E-state index is 11.4. The number of hydrogen-bond donors (Lipinski definition) is 1. The Bertz CT molecular complexity index is 573. The highest BCUT2D eigenvalue weighted by Crippen LogP contribution is 2.31. The van der Waals surface area contributed by atoms with E-state index in [1.165, 1.54) is 6.33 Å². The van der Waals surface area contributed by atoms with E-state index in [1.54, 1.807) is 4.90 Å². The predicted molar refractivity (Wildman–Crippen MR) is 80.1 cm³/mol. The summed E-state index contributed by atoms with van der Waals surface area (Å²) in [5.74, 6) is 0.278. The van der Waals surface area contributed by atoms with Gasteiger partial charge >= 0.3 is 5.69 Å². The van der Waals surface area contributed by atoms with Crippen LogP contribution in [0.3, 0.4) is 0 Å². The van der Waals surface area contributed by atoms with Gasteiger partial charge in [-0.2, -0.15) is 10.5 Å². The second kappa shape index (κ2) is 9.08. The molecule has 0 amide bonds. The van der Waals surface area contributed by atoms with Crippen molar-refractivity contribution in [2.75, 3.05) is 29.9 Å². The molecule has 1 aromatic rings. The second-order valence-electron chi connectivity index (χ2n) is 4.38. The maximum absolute atomic E-state index is 11.4. The first-order chi connectivity index (χ1) is 10.7. The predicted octanol–water partition coefficient (Wildman–Crippen LogP) is 1.84. The first-order valence-electron chi connectivity index (χ1n) is 6.87. The number of nitro groups is 1. The number of aromatic nitrogens is 2. The Morgan fingerprint density at radius 3 is 2.45 bits per heavy atom. The Kier molecular flexibility index (Phi) is 7.06. The molecule has 0 radical (unpaired) electrons. The van der Waals surface area contributed by atoms with Crippen LogP contribution in [0, 0.1) is 32.8 Å². The van der Waals surface area contributed by atoms with Crippen LogP contribution < -0.4 is 10.2 Å². The molecule has 1 aromatic heterocycles. The molecule has 0 atom stereocenters. The second-order valence-corrected chi connectivity index (χ2v) is 4.38. The zero-order valence-corrected chi connectivity index (χ0v) is 12.3. The number of nitriles is 2. The monoisotopic (exact) mass is 303 g/mol. The Hall–Kier alpha value is -2.94. The minimum Gasteiger partial charge on any atom is -0.364 e. The fourth-order valence-corrected chi connectivity index (χ4v) is 1.84. The van der Waals surface area contributed by atoms with Crippen molar-refractivity contribution in [2.24, 2.45) is 0 Å². The summed E-state index contributed by atoms with van der Waals surface area (Å²) in [7, 11) is 0. The molecule has 0 saturated carbocycles. The SMILES string of the molecule is CCCNc1ncnc(N(CCC#N)CCC#N)c1[N+](=O)[O-]. The number of nitrogens with zero attached hydrogens (tertiary/aromatic N) is 6. The van der Waals surface area contributed by atoms with Gasteiger partial charge in [-0.05, 0) is 6.42 Å². The van der Waals surface area contributed by atoms with E-state index >= 15 is 0 Å². The zero-order chi connectivity index (χ0) is 16.4. The smallest absolute Gasteiger partial charge is 0.353 e. The van der Waals surface area contributed by atoms with E-state index < -0.39 is 4.92 Å². The molecule has 0 spiro atoms. The van der Waals surface area contributed by atoms with E-state index in [1.807, 2.05) is 19.1 Å². The molecular weight excluding hydrogens is 286 g/mol. The largest absolute Gasteiger partial charge is 0.364 e. The minimum atomic E-state index is -0.543. The van der Waals surface area contributed by atoms with Gasteiger partial charge in [0.1, 0.15) is 6.33 Å². The van der Waals surface area contributed by atoms with Gasteiger partial charge in [0.15, 0.2) is 0 Å². The van der Waals surface area contributed by atoms with Crippen LogP contribution in [-0.2, 0) is 0 Å². The standard InChI is InChI=1S/C13H17N7O2/c1-2-7-16-12-11(20(21)22)13(18-10-17-12)19(8-3-5-14)9-4-6-15/h10H,2-4,7-9H2,1H3,(H,16,17,18). The van der Waals surface area contributed by atoms with Crippen molar-refractivity contribution < 1.29 is 4.92 Å². The van der Waals surface area contributed by atoms with E-state index in [2.05, 4.69) is 15.3 Å². The topological polar surface area (TPSA) is 132 Å². The Balaban J connectivity index is 3.20. The lowest BCUT2D eigenvalue weighted by Crippen LogP contribution is -2.27. The van der Waals surface area contributed by atoms with Crippen molar-refractivity contribution in [1.29, 1.82) is 10.5 Å². The third-order valence-corrected chi connectivity index (χ3v) is 2.81. The van der Waals surface area contributed by atoms with Gasteiger partial charge in [0.2, 0.25) is 11.6 Å². The van der Waals surface area contributed by atoms with Crippen molar-refractivity contribution in [3.63, 3.8) is 0 Å². The fraction of sp³-hybridized carbons (Fsp3) is 0.538. The van der Waals surface area contributed by atoms with Gasteiger partial charge in [-0.3, -0.25) is 10.1 Å². The normalized spacial score (nSPS) is 9.59. The van der Waals surface area contributed by atoms with Crippen LogP contribution in [0.1, 0.15) is 26.2 Å². The number of anilines is 2. The summed E-state index contributed by atoms with van der Waals surface area (Å²) >= 11 is 0. The molecule has 9 heteroatoms. The number of hydrogen-bond acceptors (Lipinski definition) is 8. The van der Waals surface area contributed by atoms with E-state index in [9.17, 15) is 10.1 Å². The van der Waals surface area contributed by atoms with Crippen LogP contribution in [0.2, 0.25) is 0 Å². The lowest BCUT2D eigenvalue weighted by atomic mass is 10.3. The fourth-order valence-electron chi connectivity index (χ4n) is 1.84. The molecule has 0 aliphatic carbocycles.